The van der Waals surface area contributed by atoms with E-state index in [1.54, 1.807) is 6.92 Å². The molecule has 1 unspecified atom stereocenters. The number of nitrogens with zero attached hydrogens (tertiary/aromatic N) is 1. The number of hydrogen-bond acceptors (Lipinski definition) is 4. The number of halogens is 1. The van der Waals surface area contributed by atoms with Gasteiger partial charge in [-0.3, -0.25) is 4.90 Å². The molecular formula is C20H25FN2O3S. The normalized spacial score (nSPS) is 17.0. The molecule has 1 aliphatic rings. The van der Waals surface area contributed by atoms with Crippen molar-refractivity contribution in [3.8, 4) is 0 Å². The first-order chi connectivity index (χ1) is 12.9. The van der Waals surface area contributed by atoms with E-state index >= 15 is 0 Å². The van der Waals surface area contributed by atoms with Crippen molar-refractivity contribution in [1.82, 2.24) is 9.62 Å². The van der Waals surface area contributed by atoms with Crippen LogP contribution in [-0.2, 0) is 14.8 Å². The Hall–Kier alpha value is -1.80. The van der Waals surface area contributed by atoms with Gasteiger partial charge in [0, 0.05) is 25.7 Å². The summed E-state index contributed by atoms with van der Waals surface area (Å²) in [5.74, 6) is -0.566. The average Bonchev–Trinajstić information content (AvgIpc) is 2.66. The summed E-state index contributed by atoms with van der Waals surface area (Å²) in [7, 11) is -3.81. The van der Waals surface area contributed by atoms with E-state index in [2.05, 4.69) is 9.62 Å². The molecule has 146 valence electrons. The molecule has 0 aliphatic carbocycles. The van der Waals surface area contributed by atoms with E-state index in [1.165, 1.54) is 12.1 Å². The SMILES string of the molecule is Cc1ccc(C(CNS(=O)(=O)c2cc(F)ccc2C)N2CCOCC2)cc1. The Morgan fingerprint density at radius 2 is 1.78 bits per heavy atom. The first kappa shape index (κ1) is 19.9. The molecule has 0 bridgehead atoms. The lowest BCUT2D eigenvalue weighted by atomic mass is 10.0. The van der Waals surface area contributed by atoms with Gasteiger partial charge < -0.3 is 4.74 Å². The van der Waals surface area contributed by atoms with Gasteiger partial charge in [0.2, 0.25) is 10.0 Å². The van der Waals surface area contributed by atoms with E-state index in [9.17, 15) is 12.8 Å². The maximum atomic E-state index is 13.6. The van der Waals surface area contributed by atoms with Crippen molar-refractivity contribution in [2.45, 2.75) is 24.8 Å². The molecule has 0 spiro atoms. The molecule has 0 amide bonds. The van der Waals surface area contributed by atoms with Crippen molar-refractivity contribution in [3.63, 3.8) is 0 Å². The van der Waals surface area contributed by atoms with Gasteiger partial charge >= 0.3 is 0 Å². The molecule has 7 heteroatoms. The number of morpholine rings is 1. The first-order valence-corrected chi connectivity index (χ1v) is 10.5. The van der Waals surface area contributed by atoms with Gasteiger partial charge in [-0.05, 0) is 37.1 Å². The fourth-order valence-electron chi connectivity index (χ4n) is 3.27. The van der Waals surface area contributed by atoms with Crippen LogP contribution in [0.15, 0.2) is 47.4 Å². The monoisotopic (exact) mass is 392 g/mol. The number of sulfonamides is 1. The number of hydrogen-bond donors (Lipinski definition) is 1. The van der Waals surface area contributed by atoms with Crippen LogP contribution in [0.5, 0.6) is 0 Å². The topological polar surface area (TPSA) is 58.6 Å². The molecule has 0 radical (unpaired) electrons. The molecule has 2 aromatic carbocycles. The predicted molar refractivity (Wildman–Crippen MR) is 103 cm³/mol. The minimum atomic E-state index is -3.81. The molecule has 2 aromatic rings. The van der Waals surface area contributed by atoms with E-state index in [1.807, 2.05) is 31.2 Å². The third-order valence-corrected chi connectivity index (χ3v) is 6.42. The first-order valence-electron chi connectivity index (χ1n) is 9.01. The molecular weight excluding hydrogens is 367 g/mol. The Labute approximate surface area is 160 Å². The van der Waals surface area contributed by atoms with Crippen LogP contribution in [0.1, 0.15) is 22.7 Å². The molecule has 5 nitrogen and oxygen atoms in total. The highest BCUT2D eigenvalue weighted by molar-refractivity contribution is 7.89. The summed E-state index contributed by atoms with van der Waals surface area (Å²) in [6, 6.07) is 11.8. The summed E-state index contributed by atoms with van der Waals surface area (Å²) < 4.78 is 47.2. The lowest BCUT2D eigenvalue weighted by molar-refractivity contribution is 0.0172. The molecule has 0 saturated carbocycles. The summed E-state index contributed by atoms with van der Waals surface area (Å²) in [5, 5.41) is 0. The van der Waals surface area contributed by atoms with Gasteiger partial charge in [0.05, 0.1) is 18.1 Å². The Morgan fingerprint density at radius 1 is 1.11 bits per heavy atom. The Morgan fingerprint density at radius 3 is 2.44 bits per heavy atom. The van der Waals surface area contributed by atoms with Gasteiger partial charge in [-0.25, -0.2) is 17.5 Å². The third kappa shape index (κ3) is 4.93. The maximum Gasteiger partial charge on any atom is 0.240 e. The smallest absolute Gasteiger partial charge is 0.240 e. The van der Waals surface area contributed by atoms with Crippen LogP contribution in [0.4, 0.5) is 4.39 Å². The lowest BCUT2D eigenvalue weighted by Gasteiger charge is -2.35. The quantitative estimate of drug-likeness (QED) is 0.821. The number of benzene rings is 2. The summed E-state index contributed by atoms with van der Waals surface area (Å²) >= 11 is 0. The average molecular weight is 392 g/mol. The number of nitrogens with one attached hydrogen (secondary N) is 1. The van der Waals surface area contributed by atoms with E-state index in [-0.39, 0.29) is 17.5 Å². The van der Waals surface area contributed by atoms with Crippen LogP contribution in [-0.4, -0.2) is 46.2 Å². The van der Waals surface area contributed by atoms with Crippen molar-refractivity contribution in [2.24, 2.45) is 0 Å². The Balaban J connectivity index is 1.83. The van der Waals surface area contributed by atoms with E-state index in [0.29, 0.717) is 18.8 Å². The van der Waals surface area contributed by atoms with Crippen molar-refractivity contribution in [1.29, 1.82) is 0 Å². The van der Waals surface area contributed by atoms with Gasteiger partial charge in [-0.15, -0.1) is 0 Å². The molecule has 1 heterocycles. The molecule has 0 aromatic heterocycles. The second-order valence-corrected chi connectivity index (χ2v) is 8.57. The van der Waals surface area contributed by atoms with Gasteiger partial charge in [0.15, 0.2) is 0 Å². The zero-order valence-electron chi connectivity index (χ0n) is 15.6. The molecule has 3 rings (SSSR count). The molecule has 1 aliphatic heterocycles. The number of aryl methyl sites for hydroxylation is 2. The zero-order chi connectivity index (χ0) is 19.4. The molecule has 27 heavy (non-hydrogen) atoms. The van der Waals surface area contributed by atoms with Crippen molar-refractivity contribution in [2.75, 3.05) is 32.8 Å². The highest BCUT2D eigenvalue weighted by Crippen LogP contribution is 2.23. The Kier molecular flexibility index (Phi) is 6.26. The van der Waals surface area contributed by atoms with E-state index in [4.69, 9.17) is 4.74 Å². The van der Waals surface area contributed by atoms with E-state index < -0.39 is 15.8 Å². The van der Waals surface area contributed by atoms with Crippen molar-refractivity contribution in [3.05, 3.63) is 65.0 Å². The molecule has 1 atom stereocenters. The zero-order valence-corrected chi connectivity index (χ0v) is 16.4. The second kappa shape index (κ2) is 8.48. The molecule has 1 saturated heterocycles. The van der Waals surface area contributed by atoms with Crippen LogP contribution in [0.25, 0.3) is 0 Å². The number of ether oxygens (including phenoxy) is 1. The highest BCUT2D eigenvalue weighted by Gasteiger charge is 2.25. The largest absolute Gasteiger partial charge is 0.379 e. The standard InChI is InChI=1S/C20H25FN2O3S/c1-15-3-6-17(7-4-15)19(23-9-11-26-12-10-23)14-22-27(24,25)20-13-18(21)8-5-16(20)2/h3-8,13,19,22H,9-12,14H2,1-2H3. The fraction of sp³-hybridized carbons (Fsp3) is 0.400. The van der Waals surface area contributed by atoms with Gasteiger partial charge in [0.25, 0.3) is 0 Å². The number of rotatable bonds is 6. The summed E-state index contributed by atoms with van der Waals surface area (Å²) in [5.41, 5.74) is 2.71. The van der Waals surface area contributed by atoms with Crippen molar-refractivity contribution >= 4 is 10.0 Å². The van der Waals surface area contributed by atoms with Gasteiger partial charge in [0.1, 0.15) is 5.82 Å². The lowest BCUT2D eigenvalue weighted by Crippen LogP contribution is -2.43. The fourth-order valence-corrected chi connectivity index (χ4v) is 4.56. The second-order valence-electron chi connectivity index (χ2n) is 6.84. The minimum absolute atomic E-state index is 0.0212. The van der Waals surface area contributed by atoms with Crippen LogP contribution < -0.4 is 4.72 Å². The van der Waals surface area contributed by atoms with Crippen LogP contribution in [0, 0.1) is 19.7 Å². The molecule has 1 fully saturated rings. The predicted octanol–water partition coefficient (Wildman–Crippen LogP) is 2.79. The van der Waals surface area contributed by atoms with Gasteiger partial charge in [-0.1, -0.05) is 35.9 Å². The minimum Gasteiger partial charge on any atom is -0.379 e. The third-order valence-electron chi connectivity index (χ3n) is 4.85. The Bertz CT molecular complexity index is 879. The van der Waals surface area contributed by atoms with E-state index in [0.717, 1.165) is 30.3 Å². The van der Waals surface area contributed by atoms with Crippen molar-refractivity contribution < 1.29 is 17.5 Å². The summed E-state index contributed by atoms with van der Waals surface area (Å²) in [6.45, 7) is 6.60. The maximum absolute atomic E-state index is 13.6. The summed E-state index contributed by atoms with van der Waals surface area (Å²) in [6.07, 6.45) is 0. The van der Waals surface area contributed by atoms with Gasteiger partial charge in [-0.2, -0.15) is 0 Å². The van der Waals surface area contributed by atoms with Crippen LogP contribution in [0.2, 0.25) is 0 Å². The summed E-state index contributed by atoms with van der Waals surface area (Å²) in [4.78, 5) is 2.20. The van der Waals surface area contributed by atoms with Crippen LogP contribution >= 0.6 is 0 Å². The van der Waals surface area contributed by atoms with Crippen LogP contribution in [0.3, 0.4) is 0 Å². The molecule has 1 N–H and O–H groups in total. The highest BCUT2D eigenvalue weighted by atomic mass is 32.2.